The molecular weight excluding hydrogens is 346 g/mol. The fraction of sp³-hybridized carbons (Fsp3) is 0.333. The Bertz CT molecular complexity index is 771. The first-order chi connectivity index (χ1) is 13.1. The van der Waals surface area contributed by atoms with Crippen LogP contribution in [0.5, 0.6) is 5.75 Å². The van der Waals surface area contributed by atoms with Crippen molar-refractivity contribution < 1.29 is 24.2 Å². The lowest BCUT2D eigenvalue weighted by Gasteiger charge is -2.17. The maximum atomic E-state index is 12.2. The van der Waals surface area contributed by atoms with Crippen molar-refractivity contribution >= 4 is 11.9 Å². The molecule has 2 aromatic rings. The molecule has 0 bridgehead atoms. The van der Waals surface area contributed by atoms with Crippen molar-refractivity contribution in [2.75, 3.05) is 6.61 Å². The fourth-order valence-corrected chi connectivity index (χ4v) is 2.99. The molecule has 6 nitrogen and oxygen atoms in total. The first kappa shape index (κ1) is 18.9. The molecule has 0 radical (unpaired) electrons. The lowest BCUT2D eigenvalue weighted by Crippen LogP contribution is -2.46. The maximum Gasteiger partial charge on any atom is 0.326 e. The largest absolute Gasteiger partial charge is 0.489 e. The minimum Gasteiger partial charge on any atom is -0.489 e. The van der Waals surface area contributed by atoms with Crippen molar-refractivity contribution in [2.24, 2.45) is 0 Å². The van der Waals surface area contributed by atoms with Crippen molar-refractivity contribution in [3.8, 4) is 5.75 Å². The third kappa shape index (κ3) is 5.56. The quantitative estimate of drug-likeness (QED) is 0.747. The van der Waals surface area contributed by atoms with E-state index in [4.69, 9.17) is 9.47 Å². The van der Waals surface area contributed by atoms with Crippen LogP contribution in [0.15, 0.2) is 54.6 Å². The number of ether oxygens (including phenoxy) is 2. The number of hydrogen-bond acceptors (Lipinski definition) is 4. The molecule has 3 rings (SSSR count). The number of benzene rings is 2. The number of carbonyl (C=O) groups excluding carboxylic acids is 1. The van der Waals surface area contributed by atoms with Gasteiger partial charge in [-0.05, 0) is 36.1 Å². The van der Waals surface area contributed by atoms with Crippen LogP contribution in [0.1, 0.15) is 24.0 Å². The van der Waals surface area contributed by atoms with E-state index in [1.807, 2.05) is 48.5 Å². The van der Waals surface area contributed by atoms with Gasteiger partial charge in [-0.1, -0.05) is 42.5 Å². The number of carboxylic acids is 1. The molecule has 2 aromatic carbocycles. The summed E-state index contributed by atoms with van der Waals surface area (Å²) in [6, 6.07) is 16.1. The summed E-state index contributed by atoms with van der Waals surface area (Å²) in [4.78, 5) is 23.7. The third-order valence-corrected chi connectivity index (χ3v) is 4.42. The van der Waals surface area contributed by atoms with E-state index in [-0.39, 0.29) is 12.3 Å². The van der Waals surface area contributed by atoms with Gasteiger partial charge in [0.15, 0.2) is 0 Å². The van der Waals surface area contributed by atoms with Crippen molar-refractivity contribution in [3.63, 3.8) is 0 Å². The average molecular weight is 369 g/mol. The van der Waals surface area contributed by atoms with E-state index >= 15 is 0 Å². The molecule has 2 atom stereocenters. The van der Waals surface area contributed by atoms with Crippen LogP contribution in [-0.4, -0.2) is 35.7 Å². The molecule has 1 aliphatic heterocycles. The average Bonchev–Trinajstić information content (AvgIpc) is 3.22. The molecule has 0 spiro atoms. The number of rotatable bonds is 8. The summed E-state index contributed by atoms with van der Waals surface area (Å²) in [6.45, 7) is 0.971. The molecule has 6 heteroatoms. The first-order valence-corrected chi connectivity index (χ1v) is 9.02. The van der Waals surface area contributed by atoms with Gasteiger partial charge in [0.25, 0.3) is 0 Å². The summed E-state index contributed by atoms with van der Waals surface area (Å²) in [5.41, 5.74) is 1.83. The first-order valence-electron chi connectivity index (χ1n) is 9.02. The Morgan fingerprint density at radius 3 is 2.63 bits per heavy atom. The highest BCUT2D eigenvalue weighted by molar-refractivity contribution is 5.86. The van der Waals surface area contributed by atoms with Gasteiger partial charge in [-0.15, -0.1) is 0 Å². The van der Waals surface area contributed by atoms with E-state index in [0.29, 0.717) is 25.4 Å². The van der Waals surface area contributed by atoms with Crippen LogP contribution in [0, 0.1) is 0 Å². The van der Waals surface area contributed by atoms with Gasteiger partial charge in [0.05, 0.1) is 0 Å². The Balaban J connectivity index is 1.60. The van der Waals surface area contributed by atoms with Gasteiger partial charge in [-0.3, -0.25) is 4.79 Å². The van der Waals surface area contributed by atoms with Crippen LogP contribution in [0.4, 0.5) is 0 Å². The van der Waals surface area contributed by atoms with Gasteiger partial charge in [0.2, 0.25) is 5.91 Å². The molecule has 1 saturated heterocycles. The Labute approximate surface area is 158 Å². The van der Waals surface area contributed by atoms with Crippen molar-refractivity contribution in [1.29, 1.82) is 0 Å². The summed E-state index contributed by atoms with van der Waals surface area (Å²) >= 11 is 0. The monoisotopic (exact) mass is 369 g/mol. The second-order valence-corrected chi connectivity index (χ2v) is 6.53. The van der Waals surface area contributed by atoms with Crippen LogP contribution >= 0.6 is 0 Å². The molecule has 1 amide bonds. The molecule has 1 aliphatic rings. The second-order valence-electron chi connectivity index (χ2n) is 6.53. The zero-order valence-electron chi connectivity index (χ0n) is 15.0. The molecule has 0 unspecified atom stereocenters. The van der Waals surface area contributed by atoms with Crippen molar-refractivity contribution in [3.05, 3.63) is 65.7 Å². The van der Waals surface area contributed by atoms with E-state index in [1.54, 1.807) is 6.07 Å². The lowest BCUT2D eigenvalue weighted by atomic mass is 10.1. The zero-order valence-corrected chi connectivity index (χ0v) is 15.0. The van der Waals surface area contributed by atoms with Gasteiger partial charge < -0.3 is 19.9 Å². The molecule has 142 valence electrons. The van der Waals surface area contributed by atoms with E-state index in [9.17, 15) is 14.7 Å². The topological polar surface area (TPSA) is 84.9 Å². The van der Waals surface area contributed by atoms with Crippen LogP contribution in [0.3, 0.4) is 0 Å². The van der Waals surface area contributed by atoms with E-state index in [2.05, 4.69) is 5.32 Å². The number of carboxylic acid groups (broad SMARTS) is 1. The standard InChI is InChI=1S/C21H23NO5/c23-20(19-10-5-11-26-19)22-18(21(24)25)13-16-8-4-9-17(12-16)27-14-15-6-2-1-3-7-15/h1-4,6-9,12,18-19H,5,10-11,13-14H2,(H,22,23)(H,24,25)/t18-,19+/m1/s1. The molecule has 0 aliphatic carbocycles. The predicted molar refractivity (Wildman–Crippen MR) is 99.5 cm³/mol. The molecule has 1 heterocycles. The summed E-state index contributed by atoms with van der Waals surface area (Å²) < 4.78 is 11.1. The molecule has 27 heavy (non-hydrogen) atoms. The normalized spacial score (nSPS) is 17.3. The highest BCUT2D eigenvalue weighted by Crippen LogP contribution is 2.17. The zero-order chi connectivity index (χ0) is 19.1. The van der Waals surface area contributed by atoms with E-state index < -0.39 is 18.1 Å². The number of amides is 1. The van der Waals surface area contributed by atoms with Crippen molar-refractivity contribution in [1.82, 2.24) is 5.32 Å². The van der Waals surface area contributed by atoms with E-state index in [0.717, 1.165) is 17.5 Å². The number of aliphatic carboxylic acids is 1. The smallest absolute Gasteiger partial charge is 0.326 e. The second kappa shape index (κ2) is 9.19. The molecular formula is C21H23NO5. The summed E-state index contributed by atoms with van der Waals surface area (Å²) in [5, 5.41) is 12.0. The maximum absolute atomic E-state index is 12.2. The van der Waals surface area contributed by atoms with Gasteiger partial charge in [-0.2, -0.15) is 0 Å². The molecule has 1 fully saturated rings. The Morgan fingerprint density at radius 1 is 1.15 bits per heavy atom. The summed E-state index contributed by atoms with van der Waals surface area (Å²) in [5.74, 6) is -0.778. The summed E-state index contributed by atoms with van der Waals surface area (Å²) in [7, 11) is 0. The summed E-state index contributed by atoms with van der Waals surface area (Å²) in [6.07, 6.45) is 1.07. The third-order valence-electron chi connectivity index (χ3n) is 4.42. The van der Waals surface area contributed by atoms with Crippen LogP contribution in [-0.2, 0) is 27.4 Å². The lowest BCUT2D eigenvalue weighted by molar-refractivity contribution is -0.143. The highest BCUT2D eigenvalue weighted by Gasteiger charge is 2.28. The minimum atomic E-state index is -1.07. The van der Waals surface area contributed by atoms with Gasteiger partial charge >= 0.3 is 5.97 Å². The molecule has 0 aromatic heterocycles. The number of hydrogen-bond donors (Lipinski definition) is 2. The van der Waals surface area contributed by atoms with Crippen LogP contribution in [0.2, 0.25) is 0 Å². The molecule has 2 N–H and O–H groups in total. The van der Waals surface area contributed by atoms with Crippen LogP contribution in [0.25, 0.3) is 0 Å². The SMILES string of the molecule is O=C(N[C@H](Cc1cccc(OCc2ccccc2)c1)C(=O)O)[C@@H]1CCCO1. The fourth-order valence-electron chi connectivity index (χ4n) is 2.99. The Hall–Kier alpha value is -2.86. The number of nitrogens with one attached hydrogen (secondary N) is 1. The Morgan fingerprint density at radius 2 is 1.93 bits per heavy atom. The Kier molecular flexibility index (Phi) is 6.44. The van der Waals surface area contributed by atoms with Gasteiger partial charge in [0, 0.05) is 13.0 Å². The number of carbonyl (C=O) groups is 2. The van der Waals surface area contributed by atoms with E-state index in [1.165, 1.54) is 0 Å². The van der Waals surface area contributed by atoms with Crippen molar-refractivity contribution in [2.45, 2.75) is 38.0 Å². The highest BCUT2D eigenvalue weighted by atomic mass is 16.5. The predicted octanol–water partition coefficient (Wildman–Crippen LogP) is 2.56. The minimum absolute atomic E-state index is 0.177. The molecule has 0 saturated carbocycles. The van der Waals surface area contributed by atoms with Gasteiger partial charge in [-0.25, -0.2) is 4.79 Å². The van der Waals surface area contributed by atoms with Gasteiger partial charge in [0.1, 0.15) is 24.5 Å². The van der Waals surface area contributed by atoms with Crippen LogP contribution < -0.4 is 10.1 Å².